The molecule has 3 rings (SSSR count). The van der Waals surface area contributed by atoms with E-state index in [1.165, 1.54) is 11.3 Å². The summed E-state index contributed by atoms with van der Waals surface area (Å²) in [6.45, 7) is 0. The van der Waals surface area contributed by atoms with E-state index in [0.717, 1.165) is 13.1 Å². The van der Waals surface area contributed by atoms with Crippen LogP contribution >= 0.6 is 43.2 Å². The van der Waals surface area contributed by atoms with Crippen LogP contribution in [0, 0.1) is 0 Å². The monoisotopic (exact) mass is 426 g/mol. The van der Waals surface area contributed by atoms with Crippen molar-refractivity contribution >= 4 is 43.2 Å². The number of halogens is 2. The van der Waals surface area contributed by atoms with Crippen molar-refractivity contribution < 1.29 is 5.11 Å². The smallest absolute Gasteiger partial charge is 0.263 e. The molecule has 106 valence electrons. The number of nitrogens with zero attached hydrogens (tertiary/aromatic N) is 1. The van der Waals surface area contributed by atoms with Crippen LogP contribution in [0.4, 0.5) is 0 Å². The van der Waals surface area contributed by atoms with Gasteiger partial charge in [-0.2, -0.15) is 4.98 Å². The lowest BCUT2D eigenvalue weighted by molar-refractivity contribution is 0.454. The number of hydrogen-bond donors (Lipinski definition) is 2. The molecule has 7 heteroatoms. The van der Waals surface area contributed by atoms with Gasteiger partial charge in [0, 0.05) is 10.0 Å². The molecule has 2 aromatic heterocycles. The molecule has 0 amide bonds. The van der Waals surface area contributed by atoms with E-state index in [1.807, 2.05) is 18.2 Å². The third kappa shape index (κ3) is 2.81. The first kappa shape index (κ1) is 14.5. The third-order valence-electron chi connectivity index (χ3n) is 2.85. The highest BCUT2D eigenvalue weighted by atomic mass is 79.9. The Hall–Kier alpha value is -1.44. The van der Waals surface area contributed by atoms with Gasteiger partial charge in [0.15, 0.2) is 5.82 Å². The third-order valence-corrected chi connectivity index (χ3v) is 5.17. The van der Waals surface area contributed by atoms with E-state index in [4.69, 9.17) is 0 Å². The van der Waals surface area contributed by atoms with Gasteiger partial charge in [-0.05, 0) is 34.1 Å². The van der Waals surface area contributed by atoms with Crippen molar-refractivity contribution in [3.63, 3.8) is 0 Å². The lowest BCUT2D eigenvalue weighted by Gasteiger charge is -2.06. The Morgan fingerprint density at radius 3 is 2.52 bits per heavy atom. The molecule has 0 aliphatic carbocycles. The molecule has 21 heavy (non-hydrogen) atoms. The highest BCUT2D eigenvalue weighted by Crippen LogP contribution is 2.33. The molecule has 0 saturated heterocycles. The summed E-state index contributed by atoms with van der Waals surface area (Å²) >= 11 is 8.16. The SMILES string of the molecule is O=c1[nH]c(-c2ccc(Br)s2)nc(O)c1-c1ccccc1Br. The van der Waals surface area contributed by atoms with Crippen molar-refractivity contribution in [1.29, 1.82) is 0 Å². The minimum atomic E-state index is -0.381. The molecule has 2 heterocycles. The average Bonchev–Trinajstić information content (AvgIpc) is 2.87. The Bertz CT molecular complexity index is 873. The van der Waals surface area contributed by atoms with Gasteiger partial charge in [-0.3, -0.25) is 4.79 Å². The predicted octanol–water partition coefficient (Wildman–Crippen LogP) is 4.40. The quantitative estimate of drug-likeness (QED) is 0.637. The summed E-state index contributed by atoms with van der Waals surface area (Å²) in [5, 5.41) is 10.2. The zero-order valence-corrected chi connectivity index (χ0v) is 14.4. The van der Waals surface area contributed by atoms with Crippen LogP contribution in [0.1, 0.15) is 0 Å². The largest absolute Gasteiger partial charge is 0.493 e. The fourth-order valence-corrected chi connectivity index (χ4v) is 3.74. The average molecular weight is 428 g/mol. The summed E-state index contributed by atoms with van der Waals surface area (Å²) in [7, 11) is 0. The number of nitrogens with one attached hydrogen (secondary N) is 1. The van der Waals surface area contributed by atoms with Crippen molar-refractivity contribution in [2.75, 3.05) is 0 Å². The van der Waals surface area contributed by atoms with Crippen molar-refractivity contribution in [2.24, 2.45) is 0 Å². The minimum absolute atomic E-state index is 0.154. The maximum atomic E-state index is 12.3. The number of rotatable bonds is 2. The van der Waals surface area contributed by atoms with Gasteiger partial charge in [-0.25, -0.2) is 0 Å². The van der Waals surface area contributed by atoms with Crippen molar-refractivity contribution in [3.8, 4) is 27.7 Å². The van der Waals surface area contributed by atoms with Gasteiger partial charge in [0.25, 0.3) is 5.56 Å². The lowest BCUT2D eigenvalue weighted by Crippen LogP contribution is -2.12. The topological polar surface area (TPSA) is 66.0 Å². The second kappa shape index (κ2) is 5.75. The normalized spacial score (nSPS) is 10.8. The van der Waals surface area contributed by atoms with Crippen LogP contribution in [0.25, 0.3) is 21.8 Å². The standard InChI is InChI=1S/C14H8Br2N2O2S/c15-8-4-2-1-3-7(8)11-13(19)17-12(18-14(11)20)9-5-6-10(16)21-9/h1-6H,(H2,17,18,19,20). The summed E-state index contributed by atoms with van der Waals surface area (Å²) in [6.07, 6.45) is 0. The van der Waals surface area contributed by atoms with Crippen LogP contribution < -0.4 is 5.56 Å². The lowest BCUT2D eigenvalue weighted by atomic mass is 10.1. The molecule has 3 aromatic rings. The fraction of sp³-hybridized carbons (Fsp3) is 0. The van der Waals surface area contributed by atoms with E-state index in [9.17, 15) is 9.90 Å². The van der Waals surface area contributed by atoms with Crippen molar-refractivity contribution in [1.82, 2.24) is 9.97 Å². The van der Waals surface area contributed by atoms with Crippen LogP contribution in [-0.4, -0.2) is 15.1 Å². The van der Waals surface area contributed by atoms with Gasteiger partial charge in [-0.15, -0.1) is 11.3 Å². The zero-order chi connectivity index (χ0) is 15.0. The van der Waals surface area contributed by atoms with Gasteiger partial charge in [0.2, 0.25) is 5.88 Å². The first-order valence-electron chi connectivity index (χ1n) is 5.90. The van der Waals surface area contributed by atoms with E-state index in [-0.39, 0.29) is 17.0 Å². The van der Waals surface area contributed by atoms with E-state index >= 15 is 0 Å². The van der Waals surface area contributed by atoms with Gasteiger partial charge >= 0.3 is 0 Å². The first-order chi connectivity index (χ1) is 10.1. The molecule has 0 radical (unpaired) electrons. The number of H-pyrrole nitrogens is 1. The summed E-state index contributed by atoms with van der Waals surface area (Å²) < 4.78 is 1.65. The van der Waals surface area contributed by atoms with E-state index < -0.39 is 0 Å². The molecule has 2 N–H and O–H groups in total. The molecular formula is C14H8Br2N2O2S. The molecule has 0 bridgehead atoms. The van der Waals surface area contributed by atoms with Crippen LogP contribution in [0.15, 0.2) is 49.5 Å². The number of aromatic hydroxyl groups is 1. The molecule has 4 nitrogen and oxygen atoms in total. The Kier molecular flexibility index (Phi) is 3.97. The Labute approximate surface area is 140 Å². The first-order valence-corrected chi connectivity index (χ1v) is 8.30. The Morgan fingerprint density at radius 1 is 1.14 bits per heavy atom. The molecular weight excluding hydrogens is 420 g/mol. The summed E-state index contributed by atoms with van der Waals surface area (Å²) in [5.74, 6) is 0.0641. The molecule has 0 spiro atoms. The number of benzene rings is 1. The second-order valence-electron chi connectivity index (χ2n) is 4.20. The fourth-order valence-electron chi connectivity index (χ4n) is 1.93. The maximum absolute atomic E-state index is 12.3. The molecule has 0 unspecified atom stereocenters. The molecule has 0 fully saturated rings. The van der Waals surface area contributed by atoms with E-state index in [2.05, 4.69) is 41.8 Å². The van der Waals surface area contributed by atoms with Crippen LogP contribution in [-0.2, 0) is 0 Å². The van der Waals surface area contributed by atoms with E-state index in [0.29, 0.717) is 11.4 Å². The minimum Gasteiger partial charge on any atom is -0.493 e. The molecule has 0 aliphatic rings. The van der Waals surface area contributed by atoms with Gasteiger partial charge in [-0.1, -0.05) is 34.1 Å². The Morgan fingerprint density at radius 2 is 1.90 bits per heavy atom. The van der Waals surface area contributed by atoms with Gasteiger partial charge < -0.3 is 10.1 Å². The Balaban J connectivity index is 2.18. The zero-order valence-electron chi connectivity index (χ0n) is 10.4. The molecule has 1 aromatic carbocycles. The van der Waals surface area contributed by atoms with Crippen LogP contribution in [0.5, 0.6) is 5.88 Å². The maximum Gasteiger partial charge on any atom is 0.263 e. The van der Waals surface area contributed by atoms with Crippen LogP contribution in [0.3, 0.4) is 0 Å². The number of thiophene rings is 1. The van der Waals surface area contributed by atoms with Crippen LogP contribution in [0.2, 0.25) is 0 Å². The van der Waals surface area contributed by atoms with Crippen molar-refractivity contribution in [2.45, 2.75) is 0 Å². The van der Waals surface area contributed by atoms with Gasteiger partial charge in [0.1, 0.15) is 5.56 Å². The number of hydrogen-bond acceptors (Lipinski definition) is 4. The summed E-state index contributed by atoms with van der Waals surface area (Å²) in [5.41, 5.74) is 0.374. The molecule has 0 atom stereocenters. The number of aromatic nitrogens is 2. The second-order valence-corrected chi connectivity index (χ2v) is 7.51. The highest BCUT2D eigenvalue weighted by Gasteiger charge is 2.16. The summed E-state index contributed by atoms with van der Waals surface area (Å²) in [4.78, 5) is 19.9. The van der Waals surface area contributed by atoms with E-state index in [1.54, 1.807) is 18.2 Å². The number of aromatic amines is 1. The molecule has 0 aliphatic heterocycles. The van der Waals surface area contributed by atoms with Crippen molar-refractivity contribution in [3.05, 3.63) is 55.0 Å². The predicted molar refractivity (Wildman–Crippen MR) is 90.7 cm³/mol. The summed E-state index contributed by atoms with van der Waals surface area (Å²) in [6, 6.07) is 10.9. The molecule has 0 saturated carbocycles. The van der Waals surface area contributed by atoms with Gasteiger partial charge in [0.05, 0.1) is 8.66 Å². The highest BCUT2D eigenvalue weighted by molar-refractivity contribution is 9.11.